The van der Waals surface area contributed by atoms with Crippen LogP contribution in [-0.4, -0.2) is 24.2 Å². The number of hydrogen-bond acceptors (Lipinski definition) is 5. The quantitative estimate of drug-likeness (QED) is 0.422. The summed E-state index contributed by atoms with van der Waals surface area (Å²) in [5.41, 5.74) is 2.68. The number of nitrogens with one attached hydrogen (secondary N) is 1. The van der Waals surface area contributed by atoms with Crippen LogP contribution in [0.1, 0.15) is 38.1 Å². The Hall–Kier alpha value is -3.29. The molecule has 32 heavy (non-hydrogen) atoms. The van der Waals surface area contributed by atoms with Crippen LogP contribution < -0.4 is 10.8 Å². The van der Waals surface area contributed by atoms with Crippen molar-refractivity contribution < 1.29 is 14.1 Å². The molecule has 0 bridgehead atoms. The number of amides is 1. The summed E-state index contributed by atoms with van der Waals surface area (Å²) in [5.74, 6) is -0.206. The van der Waals surface area contributed by atoms with E-state index in [-0.39, 0.29) is 5.91 Å². The van der Waals surface area contributed by atoms with Crippen molar-refractivity contribution in [3.05, 3.63) is 84.4 Å². The van der Waals surface area contributed by atoms with Crippen molar-refractivity contribution in [3.63, 3.8) is 0 Å². The smallest absolute Gasteiger partial charge is 0.399 e. The number of rotatable bonds is 5. The van der Waals surface area contributed by atoms with Gasteiger partial charge in [-0.05, 0) is 81.7 Å². The van der Waals surface area contributed by atoms with Crippen molar-refractivity contribution in [2.75, 3.05) is 5.32 Å². The largest absolute Gasteiger partial charge is 0.494 e. The fraction of sp³-hybridized carbons (Fsp3) is 0.240. The lowest BCUT2D eigenvalue weighted by Crippen LogP contribution is -2.41. The summed E-state index contributed by atoms with van der Waals surface area (Å²) in [6.45, 7) is 8.06. The molecule has 0 atom stereocenters. The van der Waals surface area contributed by atoms with Crippen molar-refractivity contribution in [2.24, 2.45) is 10.2 Å². The molecule has 0 saturated carbocycles. The van der Waals surface area contributed by atoms with Gasteiger partial charge in [-0.15, -0.1) is 0 Å². The minimum Gasteiger partial charge on any atom is -0.399 e. The molecule has 0 aliphatic carbocycles. The number of azo groups is 1. The van der Waals surface area contributed by atoms with Gasteiger partial charge >= 0.3 is 7.12 Å². The molecule has 0 spiro atoms. The molecule has 7 heteroatoms. The standard InChI is InChI=1S/C25H26BN3O3/c1-24(2)25(3,4)32-26(31-24)19-9-8-12-22(17-19)27-23(30)18-13-15-21(16-14-18)29-28-20-10-6-5-7-11-20/h5-17H,1-4H3,(H,27,30). The van der Waals surface area contributed by atoms with Crippen LogP contribution in [0.15, 0.2) is 89.1 Å². The Morgan fingerprint density at radius 1 is 0.781 bits per heavy atom. The van der Waals surface area contributed by atoms with E-state index >= 15 is 0 Å². The minimum absolute atomic E-state index is 0.206. The van der Waals surface area contributed by atoms with E-state index in [1.54, 1.807) is 24.3 Å². The van der Waals surface area contributed by atoms with E-state index in [0.29, 0.717) is 16.9 Å². The topological polar surface area (TPSA) is 72.3 Å². The van der Waals surface area contributed by atoms with Gasteiger partial charge in [0.15, 0.2) is 0 Å². The zero-order chi connectivity index (χ0) is 22.8. The summed E-state index contributed by atoms with van der Waals surface area (Å²) in [7, 11) is -0.480. The molecule has 1 aliphatic rings. The van der Waals surface area contributed by atoms with Gasteiger partial charge in [0.05, 0.1) is 22.6 Å². The van der Waals surface area contributed by atoms with Crippen LogP contribution in [0.25, 0.3) is 0 Å². The summed E-state index contributed by atoms with van der Waals surface area (Å²) < 4.78 is 12.2. The van der Waals surface area contributed by atoms with Gasteiger partial charge in [-0.2, -0.15) is 10.2 Å². The van der Waals surface area contributed by atoms with E-state index in [2.05, 4.69) is 15.5 Å². The van der Waals surface area contributed by atoms with E-state index in [0.717, 1.165) is 11.2 Å². The predicted octanol–water partition coefficient (Wildman–Crippen LogP) is 5.65. The van der Waals surface area contributed by atoms with Crippen molar-refractivity contribution >= 4 is 35.6 Å². The number of hydrogen-bond donors (Lipinski definition) is 1. The molecule has 1 fully saturated rings. The van der Waals surface area contributed by atoms with Gasteiger partial charge in [0, 0.05) is 11.3 Å². The molecule has 3 aromatic carbocycles. The first-order valence-corrected chi connectivity index (χ1v) is 10.6. The molecule has 3 aromatic rings. The monoisotopic (exact) mass is 427 g/mol. The van der Waals surface area contributed by atoms with Gasteiger partial charge in [0.25, 0.3) is 5.91 Å². The van der Waals surface area contributed by atoms with Gasteiger partial charge in [-0.25, -0.2) is 0 Å². The van der Waals surface area contributed by atoms with Gasteiger partial charge in [-0.1, -0.05) is 30.3 Å². The fourth-order valence-corrected chi connectivity index (χ4v) is 3.24. The van der Waals surface area contributed by atoms with Crippen LogP contribution in [0.3, 0.4) is 0 Å². The van der Waals surface area contributed by atoms with E-state index < -0.39 is 18.3 Å². The Bertz CT molecular complexity index is 1110. The first-order chi connectivity index (χ1) is 15.2. The van der Waals surface area contributed by atoms with Crippen molar-refractivity contribution in [3.8, 4) is 0 Å². The van der Waals surface area contributed by atoms with Crippen molar-refractivity contribution in [1.82, 2.24) is 0 Å². The zero-order valence-electron chi connectivity index (χ0n) is 18.7. The number of carbonyl (C=O) groups is 1. The van der Waals surface area contributed by atoms with Crippen LogP contribution in [0.4, 0.5) is 17.1 Å². The lowest BCUT2D eigenvalue weighted by Gasteiger charge is -2.32. The van der Waals surface area contributed by atoms with Gasteiger partial charge in [0.1, 0.15) is 0 Å². The molecule has 1 saturated heterocycles. The third kappa shape index (κ3) is 4.79. The molecule has 4 rings (SSSR count). The lowest BCUT2D eigenvalue weighted by atomic mass is 9.79. The molecule has 1 amide bonds. The average Bonchev–Trinajstić information content (AvgIpc) is 3.00. The van der Waals surface area contributed by atoms with Crippen LogP contribution >= 0.6 is 0 Å². The number of benzene rings is 3. The van der Waals surface area contributed by atoms with Crippen LogP contribution in [0.5, 0.6) is 0 Å². The molecular weight excluding hydrogens is 401 g/mol. The highest BCUT2D eigenvalue weighted by Crippen LogP contribution is 2.36. The Kier molecular flexibility index (Phi) is 5.95. The fourth-order valence-electron chi connectivity index (χ4n) is 3.24. The maximum absolute atomic E-state index is 12.7. The number of carbonyl (C=O) groups excluding carboxylic acids is 1. The maximum atomic E-state index is 12.7. The zero-order valence-corrected chi connectivity index (χ0v) is 18.7. The van der Waals surface area contributed by atoms with Crippen LogP contribution in [0.2, 0.25) is 0 Å². The SMILES string of the molecule is CC1(C)OB(c2cccc(NC(=O)c3ccc(N=Nc4ccccc4)cc3)c2)OC1(C)C. The van der Waals surface area contributed by atoms with Gasteiger partial charge < -0.3 is 14.6 Å². The van der Waals surface area contributed by atoms with E-state index in [9.17, 15) is 4.79 Å². The molecule has 0 radical (unpaired) electrons. The lowest BCUT2D eigenvalue weighted by molar-refractivity contribution is 0.00578. The second-order valence-electron chi connectivity index (χ2n) is 8.75. The minimum atomic E-state index is -0.480. The van der Waals surface area contributed by atoms with Crippen LogP contribution in [-0.2, 0) is 9.31 Å². The van der Waals surface area contributed by atoms with Crippen molar-refractivity contribution in [1.29, 1.82) is 0 Å². The van der Waals surface area contributed by atoms with Gasteiger partial charge in [0.2, 0.25) is 0 Å². The van der Waals surface area contributed by atoms with Crippen LogP contribution in [0, 0.1) is 0 Å². The summed E-state index contributed by atoms with van der Waals surface area (Å²) in [6, 6.07) is 24.0. The second-order valence-corrected chi connectivity index (χ2v) is 8.75. The predicted molar refractivity (Wildman–Crippen MR) is 127 cm³/mol. The van der Waals surface area contributed by atoms with E-state index in [1.165, 1.54) is 0 Å². The van der Waals surface area contributed by atoms with Gasteiger partial charge in [-0.3, -0.25) is 4.79 Å². The molecule has 0 unspecified atom stereocenters. The first-order valence-electron chi connectivity index (χ1n) is 10.6. The Morgan fingerprint density at radius 2 is 1.38 bits per heavy atom. The molecule has 1 heterocycles. The highest BCUT2D eigenvalue weighted by Gasteiger charge is 2.51. The van der Waals surface area contributed by atoms with E-state index in [4.69, 9.17) is 9.31 Å². The Labute approximate surface area is 188 Å². The molecule has 1 aliphatic heterocycles. The maximum Gasteiger partial charge on any atom is 0.494 e. The average molecular weight is 427 g/mol. The first kappa shape index (κ1) is 21.9. The van der Waals surface area contributed by atoms with Crippen molar-refractivity contribution in [2.45, 2.75) is 38.9 Å². The third-order valence-electron chi connectivity index (χ3n) is 5.84. The molecule has 6 nitrogen and oxygen atoms in total. The highest BCUT2D eigenvalue weighted by molar-refractivity contribution is 6.62. The highest BCUT2D eigenvalue weighted by atomic mass is 16.7. The Balaban J connectivity index is 1.42. The number of nitrogens with zero attached hydrogens (tertiary/aromatic N) is 2. The number of anilines is 1. The summed E-state index contributed by atoms with van der Waals surface area (Å²) in [6.07, 6.45) is 0. The normalized spacial score (nSPS) is 16.9. The summed E-state index contributed by atoms with van der Waals surface area (Å²) >= 11 is 0. The molecular formula is C25H26BN3O3. The Morgan fingerprint density at radius 3 is 2.00 bits per heavy atom. The third-order valence-corrected chi connectivity index (χ3v) is 5.84. The second kappa shape index (κ2) is 8.69. The molecule has 1 N–H and O–H groups in total. The molecule has 0 aromatic heterocycles. The van der Waals surface area contributed by atoms with E-state index in [1.807, 2.05) is 82.3 Å². The summed E-state index contributed by atoms with van der Waals surface area (Å²) in [5, 5.41) is 11.3. The summed E-state index contributed by atoms with van der Waals surface area (Å²) in [4.78, 5) is 12.7. The molecule has 162 valence electrons.